The van der Waals surface area contributed by atoms with Crippen LogP contribution in [-0.4, -0.2) is 44.3 Å². The number of amides is 2. The number of anilines is 1. The van der Waals surface area contributed by atoms with Crippen LogP contribution in [0.15, 0.2) is 71.6 Å². The Bertz CT molecular complexity index is 1450. The van der Waals surface area contributed by atoms with E-state index in [4.69, 9.17) is 34.8 Å². The van der Waals surface area contributed by atoms with Gasteiger partial charge in [0.1, 0.15) is 12.6 Å². The van der Waals surface area contributed by atoms with E-state index in [2.05, 4.69) is 5.32 Å². The predicted octanol–water partition coefficient (Wildman–Crippen LogP) is 6.48. The maximum atomic E-state index is 13.9. The number of aryl methyl sites for hydroxylation is 1. The van der Waals surface area contributed by atoms with Crippen molar-refractivity contribution in [3.63, 3.8) is 0 Å². The summed E-state index contributed by atoms with van der Waals surface area (Å²) in [5.74, 6) is -0.909. The van der Waals surface area contributed by atoms with E-state index in [0.29, 0.717) is 32.9 Å². The van der Waals surface area contributed by atoms with Crippen LogP contribution in [0.25, 0.3) is 0 Å². The van der Waals surface area contributed by atoms with Crippen molar-refractivity contribution in [2.75, 3.05) is 17.4 Å². The normalized spacial score (nSPS) is 12.1. The van der Waals surface area contributed by atoms with E-state index >= 15 is 0 Å². The van der Waals surface area contributed by atoms with E-state index in [1.165, 1.54) is 29.2 Å². The molecule has 1 N–H and O–H groups in total. The van der Waals surface area contributed by atoms with E-state index in [9.17, 15) is 18.0 Å². The minimum Gasteiger partial charge on any atom is -0.354 e. The van der Waals surface area contributed by atoms with Crippen molar-refractivity contribution in [2.45, 2.75) is 51.1 Å². The van der Waals surface area contributed by atoms with E-state index in [1.54, 1.807) is 43.3 Å². The Morgan fingerprint density at radius 3 is 2.27 bits per heavy atom. The van der Waals surface area contributed by atoms with Crippen molar-refractivity contribution in [1.82, 2.24) is 10.2 Å². The minimum absolute atomic E-state index is 0.0146. The summed E-state index contributed by atoms with van der Waals surface area (Å²) in [5.41, 5.74) is 1.77. The van der Waals surface area contributed by atoms with E-state index < -0.39 is 28.5 Å². The van der Waals surface area contributed by atoms with Gasteiger partial charge in [-0.2, -0.15) is 0 Å². The van der Waals surface area contributed by atoms with Crippen LogP contribution in [0.4, 0.5) is 5.69 Å². The molecule has 3 rings (SSSR count). The molecule has 2 amide bonds. The molecule has 214 valence electrons. The first-order chi connectivity index (χ1) is 18.9. The van der Waals surface area contributed by atoms with Gasteiger partial charge < -0.3 is 10.2 Å². The summed E-state index contributed by atoms with van der Waals surface area (Å²) in [6.07, 6.45) is 1.69. The van der Waals surface area contributed by atoms with Crippen LogP contribution < -0.4 is 9.62 Å². The number of sulfonamides is 1. The zero-order chi connectivity index (χ0) is 29.4. The first-order valence-electron chi connectivity index (χ1n) is 12.8. The SMILES string of the molecule is CCCCNC(=O)C(C)N(Cc1ccc(Cl)c(Cl)c1)C(=O)CN(c1cccc(C)c1)S(=O)(=O)c1ccc(Cl)cc1. The van der Waals surface area contributed by atoms with Gasteiger partial charge >= 0.3 is 0 Å². The van der Waals surface area contributed by atoms with Crippen molar-refractivity contribution in [3.8, 4) is 0 Å². The van der Waals surface area contributed by atoms with Crippen LogP contribution in [0.5, 0.6) is 0 Å². The number of carbonyl (C=O) groups excluding carboxylic acids is 2. The number of nitrogens with zero attached hydrogens (tertiary/aromatic N) is 2. The number of rotatable bonds is 12. The Kier molecular flexibility index (Phi) is 11.3. The number of nitrogens with one attached hydrogen (secondary N) is 1. The van der Waals surface area contributed by atoms with Crippen LogP contribution >= 0.6 is 34.8 Å². The quantitative estimate of drug-likeness (QED) is 0.234. The molecular weight excluding hydrogens is 593 g/mol. The first-order valence-corrected chi connectivity index (χ1v) is 15.4. The number of benzene rings is 3. The summed E-state index contributed by atoms with van der Waals surface area (Å²) in [6.45, 7) is 5.40. The van der Waals surface area contributed by atoms with E-state index in [-0.39, 0.29) is 17.3 Å². The highest BCUT2D eigenvalue weighted by Gasteiger charge is 2.32. The average Bonchev–Trinajstić information content (AvgIpc) is 2.92. The van der Waals surface area contributed by atoms with Gasteiger partial charge in [0.25, 0.3) is 10.0 Å². The lowest BCUT2D eigenvalue weighted by Gasteiger charge is -2.32. The molecule has 7 nitrogen and oxygen atoms in total. The highest BCUT2D eigenvalue weighted by Crippen LogP contribution is 2.27. The molecule has 0 heterocycles. The Hall–Kier alpha value is -2.78. The molecule has 0 aliphatic carbocycles. The van der Waals surface area contributed by atoms with E-state index in [1.807, 2.05) is 19.9 Å². The highest BCUT2D eigenvalue weighted by atomic mass is 35.5. The lowest BCUT2D eigenvalue weighted by atomic mass is 10.1. The third-order valence-corrected chi connectivity index (χ3v) is 9.08. The van der Waals surface area contributed by atoms with Crippen LogP contribution in [0, 0.1) is 6.92 Å². The van der Waals surface area contributed by atoms with Crippen LogP contribution in [0.3, 0.4) is 0 Å². The molecule has 0 aliphatic heterocycles. The molecule has 0 aromatic heterocycles. The van der Waals surface area contributed by atoms with Crippen molar-refractivity contribution in [3.05, 3.63) is 92.9 Å². The topological polar surface area (TPSA) is 86.8 Å². The second kappa shape index (κ2) is 14.2. The van der Waals surface area contributed by atoms with Crippen molar-refractivity contribution in [1.29, 1.82) is 0 Å². The fourth-order valence-corrected chi connectivity index (χ4v) is 5.85. The third kappa shape index (κ3) is 8.13. The maximum Gasteiger partial charge on any atom is 0.264 e. The Morgan fingerprint density at radius 1 is 0.950 bits per heavy atom. The Morgan fingerprint density at radius 2 is 1.65 bits per heavy atom. The van der Waals surface area contributed by atoms with Gasteiger partial charge in [-0.15, -0.1) is 0 Å². The predicted molar refractivity (Wildman–Crippen MR) is 162 cm³/mol. The molecule has 1 atom stereocenters. The van der Waals surface area contributed by atoms with Gasteiger partial charge in [0.2, 0.25) is 11.8 Å². The molecule has 0 saturated heterocycles. The number of hydrogen-bond acceptors (Lipinski definition) is 4. The average molecular weight is 625 g/mol. The smallest absolute Gasteiger partial charge is 0.264 e. The van der Waals surface area contributed by atoms with Gasteiger partial charge in [-0.3, -0.25) is 13.9 Å². The maximum absolute atomic E-state index is 13.9. The second-order valence-corrected chi connectivity index (χ2v) is 12.5. The fraction of sp³-hybridized carbons (Fsp3) is 0.310. The lowest BCUT2D eigenvalue weighted by Crippen LogP contribution is -2.51. The summed E-state index contributed by atoms with van der Waals surface area (Å²) in [6, 6.07) is 16.6. The Labute approximate surface area is 251 Å². The van der Waals surface area contributed by atoms with Crippen LogP contribution in [-0.2, 0) is 26.2 Å². The molecule has 3 aromatic rings. The largest absolute Gasteiger partial charge is 0.354 e. The second-order valence-electron chi connectivity index (χ2n) is 9.40. The summed E-state index contributed by atoms with van der Waals surface area (Å²) in [4.78, 5) is 28.3. The van der Waals surface area contributed by atoms with Gasteiger partial charge in [0.05, 0.1) is 20.6 Å². The van der Waals surface area contributed by atoms with Crippen molar-refractivity contribution in [2.24, 2.45) is 0 Å². The third-order valence-electron chi connectivity index (χ3n) is 6.30. The summed E-state index contributed by atoms with van der Waals surface area (Å²) >= 11 is 18.3. The standard InChI is InChI=1S/C29H32Cl3N3O4S/c1-4-5-15-33-29(37)21(3)34(18-22-9-14-26(31)27(32)17-22)28(36)19-35(24-8-6-7-20(2)16-24)40(38,39)25-12-10-23(30)11-13-25/h6-14,16-17,21H,4-5,15,18-19H2,1-3H3,(H,33,37). The fourth-order valence-electron chi connectivity index (χ4n) is 4.00. The molecule has 0 radical (unpaired) electrons. The number of carbonyl (C=O) groups is 2. The van der Waals surface area contributed by atoms with Crippen LogP contribution in [0.2, 0.25) is 15.1 Å². The molecule has 0 saturated carbocycles. The van der Waals surface area contributed by atoms with Gasteiger partial charge in [0.15, 0.2) is 0 Å². The molecule has 11 heteroatoms. The van der Waals surface area contributed by atoms with Crippen molar-refractivity contribution < 1.29 is 18.0 Å². The Balaban J connectivity index is 2.01. The zero-order valence-corrected chi connectivity index (χ0v) is 25.6. The van der Waals surface area contributed by atoms with Gasteiger partial charge in [-0.05, 0) is 79.9 Å². The first kappa shape index (κ1) is 31.7. The summed E-state index contributed by atoms with van der Waals surface area (Å²) in [5, 5.41) is 3.90. The van der Waals surface area contributed by atoms with Gasteiger partial charge in [-0.1, -0.05) is 66.3 Å². The molecular formula is C29H32Cl3N3O4S. The monoisotopic (exact) mass is 623 g/mol. The molecule has 3 aromatic carbocycles. The van der Waals surface area contributed by atoms with E-state index in [0.717, 1.165) is 22.7 Å². The number of hydrogen-bond donors (Lipinski definition) is 1. The van der Waals surface area contributed by atoms with Crippen LogP contribution in [0.1, 0.15) is 37.8 Å². The molecule has 1 unspecified atom stereocenters. The van der Waals surface area contributed by atoms with Crippen molar-refractivity contribution >= 4 is 62.3 Å². The molecule has 0 fully saturated rings. The lowest BCUT2D eigenvalue weighted by molar-refractivity contribution is -0.139. The summed E-state index contributed by atoms with van der Waals surface area (Å²) in [7, 11) is -4.18. The zero-order valence-electron chi connectivity index (χ0n) is 22.5. The minimum atomic E-state index is -4.18. The molecule has 0 spiro atoms. The number of halogens is 3. The molecule has 40 heavy (non-hydrogen) atoms. The molecule has 0 bridgehead atoms. The molecule has 0 aliphatic rings. The number of unbranched alkanes of at least 4 members (excludes halogenated alkanes) is 1. The highest BCUT2D eigenvalue weighted by molar-refractivity contribution is 7.92. The van der Waals surface area contributed by atoms with Gasteiger partial charge in [-0.25, -0.2) is 8.42 Å². The summed E-state index contributed by atoms with van der Waals surface area (Å²) < 4.78 is 28.7. The van der Waals surface area contributed by atoms with Gasteiger partial charge in [0, 0.05) is 18.1 Å².